The van der Waals surface area contributed by atoms with Gasteiger partial charge in [0.2, 0.25) is 0 Å². The highest BCUT2D eigenvalue weighted by atomic mass is 35.5. The number of rotatable bonds is 3. The Hall–Kier alpha value is -0.810. The van der Waals surface area contributed by atoms with E-state index < -0.39 is 30.9 Å². The van der Waals surface area contributed by atoms with Crippen molar-refractivity contribution >= 4 is 11.6 Å². The number of aliphatic hydroxyl groups excluding tert-OH is 1. The molecule has 0 fully saturated rings. The second-order valence-electron chi connectivity index (χ2n) is 3.41. The summed E-state index contributed by atoms with van der Waals surface area (Å²) in [6.45, 7) is 0. The van der Waals surface area contributed by atoms with Crippen molar-refractivity contribution in [2.24, 2.45) is 0 Å². The Morgan fingerprint density at radius 1 is 1.31 bits per heavy atom. The van der Waals surface area contributed by atoms with Gasteiger partial charge in [0, 0.05) is 11.4 Å². The summed E-state index contributed by atoms with van der Waals surface area (Å²) in [5.41, 5.74) is -0.0238. The van der Waals surface area contributed by atoms with Gasteiger partial charge in [-0.2, -0.15) is 13.2 Å². The molecule has 0 aliphatic rings. The van der Waals surface area contributed by atoms with E-state index in [0.29, 0.717) is 0 Å². The van der Waals surface area contributed by atoms with Crippen LogP contribution < -0.4 is 0 Å². The molecule has 0 spiro atoms. The first-order valence-corrected chi connectivity index (χ1v) is 4.84. The topological polar surface area (TPSA) is 20.2 Å². The van der Waals surface area contributed by atoms with Crippen LogP contribution in [0.1, 0.15) is 12.0 Å². The van der Waals surface area contributed by atoms with Crippen molar-refractivity contribution in [1.29, 1.82) is 0 Å². The molecule has 0 amide bonds. The molecule has 1 N–H and O–H groups in total. The Labute approximate surface area is 94.7 Å². The quantitative estimate of drug-likeness (QED) is 0.823. The highest BCUT2D eigenvalue weighted by Gasteiger charge is 2.31. The predicted octanol–water partition coefficient (Wildman–Crippen LogP) is 3.33. The zero-order valence-electron chi connectivity index (χ0n) is 8.06. The van der Waals surface area contributed by atoms with Gasteiger partial charge in [-0.25, -0.2) is 4.39 Å². The SMILES string of the molecule is OC(Cc1cc(Cl)ccc1F)CC(F)(F)F. The van der Waals surface area contributed by atoms with Gasteiger partial charge in [0.1, 0.15) is 5.82 Å². The van der Waals surface area contributed by atoms with Crippen LogP contribution in [0.2, 0.25) is 5.02 Å². The lowest BCUT2D eigenvalue weighted by Crippen LogP contribution is -2.21. The van der Waals surface area contributed by atoms with Crippen LogP contribution >= 0.6 is 11.6 Å². The second kappa shape index (κ2) is 5.01. The number of hydrogen-bond acceptors (Lipinski definition) is 1. The standard InChI is InChI=1S/C10H9ClF4O/c11-7-1-2-9(12)6(3-7)4-8(16)5-10(13,14)15/h1-3,8,16H,4-5H2. The molecule has 0 saturated carbocycles. The number of alkyl halides is 3. The van der Waals surface area contributed by atoms with E-state index in [0.717, 1.165) is 6.07 Å². The van der Waals surface area contributed by atoms with Crippen LogP contribution in [-0.4, -0.2) is 17.4 Å². The minimum absolute atomic E-state index is 0.0238. The molecule has 1 nitrogen and oxygen atoms in total. The molecule has 1 unspecified atom stereocenters. The first kappa shape index (κ1) is 13.3. The smallest absolute Gasteiger partial charge is 0.391 e. The number of hydrogen-bond donors (Lipinski definition) is 1. The van der Waals surface area contributed by atoms with Crippen molar-refractivity contribution < 1.29 is 22.7 Å². The third-order valence-electron chi connectivity index (χ3n) is 1.93. The van der Waals surface area contributed by atoms with E-state index in [9.17, 15) is 17.6 Å². The summed E-state index contributed by atoms with van der Waals surface area (Å²) in [6.07, 6.45) is -7.90. The zero-order valence-corrected chi connectivity index (χ0v) is 8.82. The Morgan fingerprint density at radius 2 is 1.94 bits per heavy atom. The number of halogens is 5. The molecule has 16 heavy (non-hydrogen) atoms. The monoisotopic (exact) mass is 256 g/mol. The van der Waals surface area contributed by atoms with Crippen LogP contribution in [-0.2, 0) is 6.42 Å². The molecule has 0 aliphatic carbocycles. The van der Waals surface area contributed by atoms with Crippen LogP contribution in [0.3, 0.4) is 0 Å². The zero-order chi connectivity index (χ0) is 12.3. The van der Waals surface area contributed by atoms with E-state index in [1.54, 1.807) is 0 Å². The maximum absolute atomic E-state index is 13.1. The van der Waals surface area contributed by atoms with E-state index in [4.69, 9.17) is 16.7 Å². The Bertz CT molecular complexity index is 364. The lowest BCUT2D eigenvalue weighted by molar-refractivity contribution is -0.153. The molecule has 0 bridgehead atoms. The normalized spacial score (nSPS) is 13.9. The van der Waals surface area contributed by atoms with E-state index in [2.05, 4.69) is 0 Å². The van der Waals surface area contributed by atoms with Crippen molar-refractivity contribution in [3.8, 4) is 0 Å². The van der Waals surface area contributed by atoms with Crippen LogP contribution in [0, 0.1) is 5.82 Å². The van der Waals surface area contributed by atoms with Gasteiger partial charge in [-0.1, -0.05) is 11.6 Å². The van der Waals surface area contributed by atoms with Gasteiger partial charge < -0.3 is 5.11 Å². The van der Waals surface area contributed by atoms with E-state index in [-0.39, 0.29) is 10.6 Å². The predicted molar refractivity (Wildman–Crippen MR) is 51.8 cm³/mol. The van der Waals surface area contributed by atoms with Crippen molar-refractivity contribution in [2.45, 2.75) is 25.1 Å². The summed E-state index contributed by atoms with van der Waals surface area (Å²) < 4.78 is 48.8. The Kier molecular flexibility index (Phi) is 4.15. The summed E-state index contributed by atoms with van der Waals surface area (Å²) in [5.74, 6) is -0.675. The summed E-state index contributed by atoms with van der Waals surface area (Å²) in [5, 5.41) is 9.34. The highest BCUT2D eigenvalue weighted by molar-refractivity contribution is 6.30. The van der Waals surface area contributed by atoms with Gasteiger partial charge >= 0.3 is 6.18 Å². The first-order valence-electron chi connectivity index (χ1n) is 4.46. The average molecular weight is 257 g/mol. The van der Waals surface area contributed by atoms with Crippen molar-refractivity contribution in [3.63, 3.8) is 0 Å². The molecule has 0 aliphatic heterocycles. The van der Waals surface area contributed by atoms with Gasteiger partial charge in [-0.15, -0.1) is 0 Å². The van der Waals surface area contributed by atoms with Crippen LogP contribution in [0.15, 0.2) is 18.2 Å². The second-order valence-corrected chi connectivity index (χ2v) is 3.85. The molecule has 1 aromatic rings. The number of aliphatic hydroxyl groups is 1. The van der Waals surface area contributed by atoms with Crippen LogP contribution in [0.25, 0.3) is 0 Å². The highest BCUT2D eigenvalue weighted by Crippen LogP contribution is 2.24. The molecule has 0 radical (unpaired) electrons. The molecular weight excluding hydrogens is 248 g/mol. The fraction of sp³-hybridized carbons (Fsp3) is 0.400. The fourth-order valence-corrected chi connectivity index (χ4v) is 1.49. The van der Waals surface area contributed by atoms with Crippen molar-refractivity contribution in [2.75, 3.05) is 0 Å². The van der Waals surface area contributed by atoms with Crippen molar-refractivity contribution in [3.05, 3.63) is 34.6 Å². The Balaban J connectivity index is 2.69. The first-order chi connectivity index (χ1) is 7.28. The lowest BCUT2D eigenvalue weighted by atomic mass is 10.1. The Morgan fingerprint density at radius 3 is 2.50 bits per heavy atom. The summed E-state index contributed by atoms with van der Waals surface area (Å²) in [4.78, 5) is 0. The van der Waals surface area contributed by atoms with E-state index in [1.165, 1.54) is 12.1 Å². The molecule has 0 saturated heterocycles. The van der Waals surface area contributed by atoms with Gasteiger partial charge in [-0.3, -0.25) is 0 Å². The van der Waals surface area contributed by atoms with Gasteiger partial charge in [0.05, 0.1) is 12.5 Å². The molecule has 0 aromatic heterocycles. The molecule has 0 heterocycles. The fourth-order valence-electron chi connectivity index (χ4n) is 1.29. The molecule has 90 valence electrons. The van der Waals surface area contributed by atoms with Crippen LogP contribution in [0.5, 0.6) is 0 Å². The minimum atomic E-state index is -4.46. The molecule has 1 rings (SSSR count). The molecular formula is C10H9ClF4O. The van der Waals surface area contributed by atoms with Gasteiger partial charge in [0.15, 0.2) is 0 Å². The van der Waals surface area contributed by atoms with E-state index >= 15 is 0 Å². The minimum Gasteiger partial charge on any atom is -0.392 e. The number of benzene rings is 1. The summed E-state index contributed by atoms with van der Waals surface area (Å²) in [6, 6.07) is 3.55. The van der Waals surface area contributed by atoms with Gasteiger partial charge in [-0.05, 0) is 23.8 Å². The third-order valence-corrected chi connectivity index (χ3v) is 2.17. The van der Waals surface area contributed by atoms with Gasteiger partial charge in [0.25, 0.3) is 0 Å². The average Bonchev–Trinajstić information content (AvgIpc) is 2.08. The largest absolute Gasteiger partial charge is 0.392 e. The molecule has 6 heteroatoms. The van der Waals surface area contributed by atoms with Crippen molar-refractivity contribution in [1.82, 2.24) is 0 Å². The third kappa shape index (κ3) is 4.37. The molecule has 1 atom stereocenters. The van der Waals surface area contributed by atoms with E-state index in [1.807, 2.05) is 0 Å². The summed E-state index contributed by atoms with van der Waals surface area (Å²) >= 11 is 5.56. The molecule has 1 aromatic carbocycles. The lowest BCUT2D eigenvalue weighted by Gasteiger charge is -2.13. The maximum Gasteiger partial charge on any atom is 0.391 e. The summed E-state index contributed by atoms with van der Waals surface area (Å²) in [7, 11) is 0. The maximum atomic E-state index is 13.1. The van der Waals surface area contributed by atoms with Crippen LogP contribution in [0.4, 0.5) is 17.6 Å².